The van der Waals surface area contributed by atoms with Crippen LogP contribution in [0.2, 0.25) is 0 Å². The van der Waals surface area contributed by atoms with Crippen molar-refractivity contribution in [3.8, 4) is 5.75 Å². The second-order valence-corrected chi connectivity index (χ2v) is 10.1. The minimum Gasteiger partial charge on any atom is -0.611 e. The van der Waals surface area contributed by atoms with Gasteiger partial charge in [-0.1, -0.05) is 41.9 Å². The molecule has 0 radical (unpaired) electrons. The maximum atomic E-state index is 13.3. The molecular formula is C21H20BrNO2S. The van der Waals surface area contributed by atoms with Gasteiger partial charge in [0.05, 0.1) is 11.6 Å². The molecule has 1 N–H and O–H groups in total. The van der Waals surface area contributed by atoms with Crippen molar-refractivity contribution in [1.82, 2.24) is 0 Å². The van der Waals surface area contributed by atoms with E-state index in [-0.39, 0.29) is 17.4 Å². The molecule has 3 unspecified atom stereocenters. The highest BCUT2D eigenvalue weighted by atomic mass is 79.9. The molecule has 3 aliphatic heterocycles. The Hall–Kier alpha value is -1.43. The molecule has 0 spiro atoms. The Kier molecular flexibility index (Phi) is 3.72. The summed E-state index contributed by atoms with van der Waals surface area (Å²) in [4.78, 5) is 0.983. The number of anilines is 1. The van der Waals surface area contributed by atoms with Crippen LogP contribution in [-0.4, -0.2) is 23.0 Å². The lowest BCUT2D eigenvalue weighted by atomic mass is 9.66. The van der Waals surface area contributed by atoms with Gasteiger partial charge in [-0.25, -0.2) is 0 Å². The predicted octanol–water partition coefficient (Wildman–Crippen LogP) is 4.70. The van der Waals surface area contributed by atoms with Crippen LogP contribution in [0, 0.1) is 5.92 Å². The number of hydrogen-bond acceptors (Lipinski definition) is 3. The molecule has 2 aromatic rings. The van der Waals surface area contributed by atoms with Gasteiger partial charge in [-0.2, -0.15) is 0 Å². The Morgan fingerprint density at radius 2 is 2.04 bits per heavy atom. The molecule has 5 rings (SSSR count). The molecule has 3 aliphatic rings. The summed E-state index contributed by atoms with van der Waals surface area (Å²) in [7, 11) is 0. The molecule has 0 bridgehead atoms. The molecule has 0 saturated heterocycles. The van der Waals surface area contributed by atoms with Crippen LogP contribution in [0.4, 0.5) is 5.69 Å². The van der Waals surface area contributed by atoms with Gasteiger partial charge >= 0.3 is 0 Å². The van der Waals surface area contributed by atoms with Crippen LogP contribution in [-0.2, 0) is 16.6 Å². The third kappa shape index (κ3) is 2.30. The first kappa shape index (κ1) is 16.7. The van der Waals surface area contributed by atoms with Crippen LogP contribution >= 0.6 is 15.9 Å². The SMILES string of the molecule is CC1(C)c2cc(Br)ccc2NC2C3=C(c4ccccc4OC3)[S+]([O-])CC21. The zero-order valence-corrected chi connectivity index (χ0v) is 17.1. The van der Waals surface area contributed by atoms with E-state index in [4.69, 9.17) is 4.74 Å². The highest BCUT2D eigenvalue weighted by Gasteiger charge is 2.52. The van der Waals surface area contributed by atoms with Gasteiger partial charge in [0.15, 0.2) is 4.91 Å². The van der Waals surface area contributed by atoms with Gasteiger partial charge in [0.25, 0.3) is 0 Å². The molecule has 134 valence electrons. The van der Waals surface area contributed by atoms with E-state index in [1.54, 1.807) is 0 Å². The Morgan fingerprint density at radius 3 is 2.88 bits per heavy atom. The largest absolute Gasteiger partial charge is 0.611 e. The van der Waals surface area contributed by atoms with Gasteiger partial charge < -0.3 is 14.6 Å². The Bertz CT molecular complexity index is 939. The maximum absolute atomic E-state index is 13.3. The number of nitrogens with one attached hydrogen (secondary N) is 1. The molecule has 0 aliphatic carbocycles. The molecule has 3 heterocycles. The normalized spacial score (nSPS) is 28.1. The van der Waals surface area contributed by atoms with Crippen molar-refractivity contribution in [2.45, 2.75) is 25.3 Å². The molecule has 0 aromatic heterocycles. The number of fused-ring (bicyclic) bond motifs is 5. The summed E-state index contributed by atoms with van der Waals surface area (Å²) in [5.41, 5.74) is 4.52. The molecule has 0 saturated carbocycles. The van der Waals surface area contributed by atoms with Crippen molar-refractivity contribution >= 4 is 37.7 Å². The topological polar surface area (TPSA) is 44.3 Å². The average Bonchev–Trinajstić information content (AvgIpc) is 2.63. The average molecular weight is 430 g/mol. The first-order valence-corrected chi connectivity index (χ1v) is 11.0. The quantitative estimate of drug-likeness (QED) is 0.616. The predicted molar refractivity (Wildman–Crippen MR) is 110 cm³/mol. The van der Waals surface area contributed by atoms with Gasteiger partial charge in [-0.15, -0.1) is 0 Å². The lowest BCUT2D eigenvalue weighted by Crippen LogP contribution is -2.54. The summed E-state index contributed by atoms with van der Waals surface area (Å²) in [6.07, 6.45) is 0. The van der Waals surface area contributed by atoms with Gasteiger partial charge in [-0.3, -0.25) is 0 Å². The number of rotatable bonds is 0. The van der Waals surface area contributed by atoms with Crippen molar-refractivity contribution in [3.05, 3.63) is 63.6 Å². The molecule has 0 amide bonds. The van der Waals surface area contributed by atoms with Crippen molar-refractivity contribution in [2.75, 3.05) is 17.7 Å². The lowest BCUT2D eigenvalue weighted by Gasteiger charge is -2.49. The van der Waals surface area contributed by atoms with E-state index in [0.29, 0.717) is 12.4 Å². The molecule has 2 aromatic carbocycles. The number of halogens is 1. The molecule has 5 heteroatoms. The van der Waals surface area contributed by atoms with E-state index in [0.717, 1.165) is 32.0 Å². The standard InChI is InChI=1S/C21H20BrNO2S/c1-21(2)15-9-12(22)7-8-17(15)23-19-14-10-25-18-6-4-3-5-13(18)20(14)26(24)11-16(19)21/h3-9,16,19,23H,10-11H2,1-2H3. The van der Waals surface area contributed by atoms with Crippen LogP contribution in [0.25, 0.3) is 4.91 Å². The van der Waals surface area contributed by atoms with Crippen molar-refractivity contribution in [1.29, 1.82) is 0 Å². The van der Waals surface area contributed by atoms with E-state index in [2.05, 4.69) is 53.3 Å². The zero-order valence-electron chi connectivity index (χ0n) is 14.7. The van der Waals surface area contributed by atoms with Crippen LogP contribution < -0.4 is 10.1 Å². The minimum absolute atomic E-state index is 0.0693. The Morgan fingerprint density at radius 1 is 1.23 bits per heavy atom. The summed E-state index contributed by atoms with van der Waals surface area (Å²) in [5, 5.41) is 3.74. The maximum Gasteiger partial charge on any atom is 0.168 e. The van der Waals surface area contributed by atoms with Gasteiger partial charge in [0, 0.05) is 27.1 Å². The molecule has 0 fully saturated rings. The second-order valence-electron chi connectivity index (χ2n) is 7.79. The monoisotopic (exact) mass is 429 g/mol. The minimum atomic E-state index is -1.02. The molecule has 3 nitrogen and oxygen atoms in total. The highest BCUT2D eigenvalue weighted by Crippen LogP contribution is 2.52. The first-order valence-electron chi connectivity index (χ1n) is 8.87. The van der Waals surface area contributed by atoms with E-state index in [1.807, 2.05) is 24.3 Å². The third-order valence-electron chi connectivity index (χ3n) is 6.06. The fourth-order valence-corrected chi connectivity index (χ4v) is 6.97. The summed E-state index contributed by atoms with van der Waals surface area (Å²) in [6, 6.07) is 14.5. The molecular weight excluding hydrogens is 410 g/mol. The van der Waals surface area contributed by atoms with Gasteiger partial charge in [0.1, 0.15) is 18.1 Å². The number of hydrogen-bond donors (Lipinski definition) is 1. The van der Waals surface area contributed by atoms with Crippen molar-refractivity contribution in [2.24, 2.45) is 5.92 Å². The summed E-state index contributed by atoms with van der Waals surface area (Å²) < 4.78 is 20.4. The molecule has 3 atom stereocenters. The molecule has 26 heavy (non-hydrogen) atoms. The summed E-state index contributed by atoms with van der Waals surface area (Å²) in [6.45, 7) is 5.06. The third-order valence-corrected chi connectivity index (χ3v) is 8.15. The van der Waals surface area contributed by atoms with Crippen LogP contribution in [0.15, 0.2) is 52.5 Å². The van der Waals surface area contributed by atoms with Crippen LogP contribution in [0.5, 0.6) is 5.75 Å². The van der Waals surface area contributed by atoms with E-state index in [1.165, 1.54) is 5.56 Å². The van der Waals surface area contributed by atoms with E-state index >= 15 is 0 Å². The second kappa shape index (κ2) is 5.78. The number of benzene rings is 2. The van der Waals surface area contributed by atoms with Crippen LogP contribution in [0.1, 0.15) is 25.0 Å². The highest BCUT2D eigenvalue weighted by molar-refractivity contribution is 9.10. The van der Waals surface area contributed by atoms with Crippen molar-refractivity contribution in [3.63, 3.8) is 0 Å². The zero-order chi connectivity index (χ0) is 18.1. The van der Waals surface area contributed by atoms with E-state index < -0.39 is 11.2 Å². The number of ether oxygens (including phenoxy) is 1. The van der Waals surface area contributed by atoms with Crippen molar-refractivity contribution < 1.29 is 9.29 Å². The smallest absolute Gasteiger partial charge is 0.168 e. The Labute approximate surface area is 165 Å². The fraction of sp³-hybridized carbons (Fsp3) is 0.333. The summed E-state index contributed by atoms with van der Waals surface area (Å²) in [5.74, 6) is 1.78. The van der Waals surface area contributed by atoms with E-state index in [9.17, 15) is 4.55 Å². The van der Waals surface area contributed by atoms with Crippen LogP contribution in [0.3, 0.4) is 0 Å². The van der Waals surface area contributed by atoms with Gasteiger partial charge in [-0.05, 0) is 47.1 Å². The number of para-hydroxylation sites is 1. The summed E-state index contributed by atoms with van der Waals surface area (Å²) >= 11 is 2.58. The lowest BCUT2D eigenvalue weighted by molar-refractivity contribution is 0.278. The van der Waals surface area contributed by atoms with Gasteiger partial charge in [0.2, 0.25) is 0 Å². The first-order chi connectivity index (χ1) is 12.5. The fourth-order valence-electron chi connectivity index (χ4n) is 4.61. The Balaban J connectivity index is 1.68.